The lowest BCUT2D eigenvalue weighted by Gasteiger charge is -2.33. The molecule has 2 rings (SSSR count). The highest BCUT2D eigenvalue weighted by Gasteiger charge is 2.20. The summed E-state index contributed by atoms with van der Waals surface area (Å²) in [6.07, 6.45) is 2.39. The van der Waals surface area contributed by atoms with Crippen LogP contribution in [0.25, 0.3) is 0 Å². The van der Waals surface area contributed by atoms with Gasteiger partial charge >= 0.3 is 5.97 Å². The molecule has 1 aromatic carbocycles. The number of piperidine rings is 1. The van der Waals surface area contributed by atoms with Gasteiger partial charge in [-0.1, -0.05) is 18.2 Å². The summed E-state index contributed by atoms with van der Waals surface area (Å²) in [5.41, 5.74) is 4.17. The summed E-state index contributed by atoms with van der Waals surface area (Å²) >= 11 is 0. The Morgan fingerprint density at radius 3 is 2.76 bits per heavy atom. The van der Waals surface area contributed by atoms with Crippen LogP contribution in [0.4, 0.5) is 0 Å². The predicted octanol–water partition coefficient (Wildman–Crippen LogP) is 2.19. The van der Waals surface area contributed by atoms with E-state index in [2.05, 4.69) is 42.3 Å². The van der Waals surface area contributed by atoms with Crippen molar-refractivity contribution in [1.29, 1.82) is 0 Å². The Kier molecular flexibility index (Phi) is 5.76. The first kappa shape index (κ1) is 16.0. The number of carbonyl (C=O) groups is 1. The van der Waals surface area contributed by atoms with Crippen molar-refractivity contribution in [3.8, 4) is 0 Å². The molecule has 1 aromatic rings. The monoisotopic (exact) mass is 290 g/mol. The van der Waals surface area contributed by atoms with E-state index in [1.807, 2.05) is 0 Å². The molecule has 1 atom stereocenters. The number of rotatable bonds is 6. The Labute approximate surface area is 127 Å². The molecular formula is C17H26N2O2. The van der Waals surface area contributed by atoms with E-state index in [1.165, 1.54) is 29.5 Å². The van der Waals surface area contributed by atoms with Gasteiger partial charge in [-0.25, -0.2) is 0 Å². The van der Waals surface area contributed by atoms with E-state index in [0.717, 1.165) is 26.2 Å². The van der Waals surface area contributed by atoms with Crippen LogP contribution in [0.1, 0.15) is 29.5 Å². The summed E-state index contributed by atoms with van der Waals surface area (Å²) in [6, 6.07) is 6.47. The molecule has 2 N–H and O–H groups in total. The van der Waals surface area contributed by atoms with Crippen molar-refractivity contribution < 1.29 is 9.90 Å². The molecule has 0 spiro atoms. The molecule has 1 aliphatic heterocycles. The maximum atomic E-state index is 10.5. The third-order valence-corrected chi connectivity index (χ3v) is 4.34. The fraction of sp³-hybridized carbons (Fsp3) is 0.588. The van der Waals surface area contributed by atoms with Crippen molar-refractivity contribution in [2.24, 2.45) is 5.92 Å². The Morgan fingerprint density at radius 2 is 2.10 bits per heavy atom. The average molecular weight is 290 g/mol. The van der Waals surface area contributed by atoms with Crippen LogP contribution in [-0.2, 0) is 11.3 Å². The second-order valence-electron chi connectivity index (χ2n) is 6.14. The Bertz CT molecular complexity index is 467. The predicted molar refractivity (Wildman–Crippen MR) is 84.4 cm³/mol. The number of benzene rings is 1. The van der Waals surface area contributed by atoms with Crippen molar-refractivity contribution >= 4 is 5.97 Å². The van der Waals surface area contributed by atoms with Gasteiger partial charge in [0.25, 0.3) is 0 Å². The molecule has 4 heteroatoms. The minimum atomic E-state index is -0.779. The minimum absolute atomic E-state index is 0.0629. The molecule has 21 heavy (non-hydrogen) atoms. The normalized spacial score (nSPS) is 19.6. The maximum Gasteiger partial charge on any atom is 0.317 e. The molecule has 1 saturated heterocycles. The van der Waals surface area contributed by atoms with Crippen LogP contribution in [0.15, 0.2) is 18.2 Å². The summed E-state index contributed by atoms with van der Waals surface area (Å²) in [5, 5.41) is 11.7. The SMILES string of the molecule is Cc1cccc(C)c1CN1CCCC(CNCC(=O)O)C1. The molecular weight excluding hydrogens is 264 g/mol. The number of aryl methyl sites for hydroxylation is 2. The Morgan fingerprint density at radius 1 is 1.38 bits per heavy atom. The lowest BCUT2D eigenvalue weighted by molar-refractivity contribution is -0.136. The molecule has 0 aliphatic carbocycles. The summed E-state index contributed by atoms with van der Waals surface area (Å²) in [4.78, 5) is 13.1. The summed E-state index contributed by atoms with van der Waals surface area (Å²) < 4.78 is 0. The van der Waals surface area contributed by atoms with Gasteiger partial charge in [0.1, 0.15) is 0 Å². The molecule has 4 nitrogen and oxygen atoms in total. The van der Waals surface area contributed by atoms with Crippen molar-refractivity contribution in [2.75, 3.05) is 26.2 Å². The van der Waals surface area contributed by atoms with Gasteiger partial charge in [0.15, 0.2) is 0 Å². The van der Waals surface area contributed by atoms with E-state index in [-0.39, 0.29) is 6.54 Å². The van der Waals surface area contributed by atoms with Crippen LogP contribution >= 0.6 is 0 Å². The largest absolute Gasteiger partial charge is 0.480 e. The molecule has 1 fully saturated rings. The van der Waals surface area contributed by atoms with E-state index in [4.69, 9.17) is 5.11 Å². The van der Waals surface area contributed by atoms with Gasteiger partial charge in [0, 0.05) is 13.1 Å². The number of hydrogen-bond donors (Lipinski definition) is 2. The lowest BCUT2D eigenvalue weighted by atomic mass is 9.96. The van der Waals surface area contributed by atoms with Gasteiger partial charge in [-0.3, -0.25) is 9.69 Å². The average Bonchev–Trinajstić information content (AvgIpc) is 2.43. The molecule has 1 heterocycles. The zero-order valence-corrected chi connectivity index (χ0v) is 13.1. The molecule has 1 unspecified atom stereocenters. The second-order valence-corrected chi connectivity index (χ2v) is 6.14. The van der Waals surface area contributed by atoms with Crippen LogP contribution in [-0.4, -0.2) is 42.2 Å². The fourth-order valence-corrected chi connectivity index (χ4v) is 3.17. The third-order valence-electron chi connectivity index (χ3n) is 4.34. The summed E-state index contributed by atoms with van der Waals surface area (Å²) in [5.74, 6) is -0.222. The van der Waals surface area contributed by atoms with Crippen molar-refractivity contribution in [3.05, 3.63) is 34.9 Å². The van der Waals surface area contributed by atoms with Crippen LogP contribution in [0, 0.1) is 19.8 Å². The summed E-state index contributed by atoms with van der Waals surface area (Å²) in [6.45, 7) is 8.43. The van der Waals surface area contributed by atoms with Crippen LogP contribution in [0.2, 0.25) is 0 Å². The standard InChI is InChI=1S/C17H26N2O2/c1-13-5-3-6-14(2)16(13)12-19-8-4-7-15(11-19)9-18-10-17(20)21/h3,5-6,15,18H,4,7-12H2,1-2H3,(H,20,21). The van der Waals surface area contributed by atoms with E-state index >= 15 is 0 Å². The number of nitrogens with one attached hydrogen (secondary N) is 1. The van der Waals surface area contributed by atoms with Gasteiger partial charge in [0.2, 0.25) is 0 Å². The third kappa shape index (κ3) is 4.83. The van der Waals surface area contributed by atoms with Gasteiger partial charge in [-0.15, -0.1) is 0 Å². The van der Waals surface area contributed by atoms with Gasteiger partial charge in [-0.2, -0.15) is 0 Å². The number of hydrogen-bond acceptors (Lipinski definition) is 3. The van der Waals surface area contributed by atoms with Crippen molar-refractivity contribution in [1.82, 2.24) is 10.2 Å². The maximum absolute atomic E-state index is 10.5. The van der Waals surface area contributed by atoms with E-state index < -0.39 is 5.97 Å². The first-order valence-corrected chi connectivity index (χ1v) is 7.76. The number of likely N-dealkylation sites (tertiary alicyclic amines) is 1. The van der Waals surface area contributed by atoms with Crippen molar-refractivity contribution in [3.63, 3.8) is 0 Å². The first-order chi connectivity index (χ1) is 10.1. The highest BCUT2D eigenvalue weighted by atomic mass is 16.4. The molecule has 0 radical (unpaired) electrons. The van der Waals surface area contributed by atoms with E-state index in [9.17, 15) is 4.79 Å². The van der Waals surface area contributed by atoms with Crippen LogP contribution in [0.5, 0.6) is 0 Å². The topological polar surface area (TPSA) is 52.6 Å². The zero-order chi connectivity index (χ0) is 15.2. The van der Waals surface area contributed by atoms with Crippen LogP contribution in [0.3, 0.4) is 0 Å². The lowest BCUT2D eigenvalue weighted by Crippen LogP contribution is -2.40. The van der Waals surface area contributed by atoms with Crippen LogP contribution < -0.4 is 5.32 Å². The molecule has 116 valence electrons. The smallest absolute Gasteiger partial charge is 0.317 e. The van der Waals surface area contributed by atoms with Gasteiger partial charge < -0.3 is 10.4 Å². The molecule has 0 aromatic heterocycles. The van der Waals surface area contributed by atoms with Gasteiger partial charge in [-0.05, 0) is 62.4 Å². The van der Waals surface area contributed by atoms with E-state index in [0.29, 0.717) is 5.92 Å². The Balaban J connectivity index is 1.88. The first-order valence-electron chi connectivity index (χ1n) is 7.76. The van der Waals surface area contributed by atoms with Crippen molar-refractivity contribution in [2.45, 2.75) is 33.2 Å². The van der Waals surface area contributed by atoms with E-state index in [1.54, 1.807) is 0 Å². The second kappa shape index (κ2) is 7.57. The molecule has 1 aliphatic rings. The number of carboxylic acids is 1. The summed E-state index contributed by atoms with van der Waals surface area (Å²) in [7, 11) is 0. The van der Waals surface area contributed by atoms with Gasteiger partial charge in [0.05, 0.1) is 6.54 Å². The number of nitrogens with zero attached hydrogens (tertiary/aromatic N) is 1. The zero-order valence-electron chi connectivity index (χ0n) is 13.1. The molecule has 0 bridgehead atoms. The highest BCUT2D eigenvalue weighted by Crippen LogP contribution is 2.21. The quantitative estimate of drug-likeness (QED) is 0.843. The number of aliphatic carboxylic acids is 1. The minimum Gasteiger partial charge on any atom is -0.480 e. The molecule has 0 amide bonds. The number of carboxylic acid groups (broad SMARTS) is 1. The highest BCUT2D eigenvalue weighted by molar-refractivity contribution is 5.68. The Hall–Kier alpha value is -1.39. The fourth-order valence-electron chi connectivity index (χ4n) is 3.17. The molecule has 0 saturated carbocycles.